The molecule has 1 amide bonds. The van der Waals surface area contributed by atoms with Crippen molar-refractivity contribution >= 4 is 17.2 Å². The first-order chi connectivity index (χ1) is 10.5. The summed E-state index contributed by atoms with van der Waals surface area (Å²) in [7, 11) is 1.72. The fourth-order valence-electron chi connectivity index (χ4n) is 2.98. The molecular formula is C16H20N2O3S. The van der Waals surface area contributed by atoms with E-state index in [0.29, 0.717) is 17.9 Å². The molecule has 0 bridgehead atoms. The first-order valence-electron chi connectivity index (χ1n) is 7.46. The van der Waals surface area contributed by atoms with E-state index in [0.717, 1.165) is 36.4 Å². The molecule has 0 aromatic carbocycles. The minimum atomic E-state index is -0.733. The van der Waals surface area contributed by atoms with E-state index < -0.39 is 5.60 Å². The Morgan fingerprint density at radius 2 is 2.23 bits per heavy atom. The van der Waals surface area contributed by atoms with Crippen molar-refractivity contribution in [2.45, 2.75) is 38.2 Å². The lowest BCUT2D eigenvalue weighted by Gasteiger charge is -2.28. The molecule has 6 heteroatoms. The van der Waals surface area contributed by atoms with Crippen molar-refractivity contribution in [3.63, 3.8) is 0 Å². The lowest BCUT2D eigenvalue weighted by molar-refractivity contribution is 0.0156. The van der Waals surface area contributed by atoms with Crippen LogP contribution in [0.25, 0.3) is 11.5 Å². The number of aliphatic hydroxyl groups is 1. The predicted molar refractivity (Wildman–Crippen MR) is 84.9 cm³/mol. The topological polar surface area (TPSA) is 66.6 Å². The molecule has 2 aromatic rings. The second-order valence-electron chi connectivity index (χ2n) is 6.04. The molecule has 1 aliphatic carbocycles. The summed E-state index contributed by atoms with van der Waals surface area (Å²) in [6.07, 6.45) is 5.04. The predicted octanol–water partition coefficient (Wildman–Crippen LogP) is 3.09. The highest BCUT2D eigenvalue weighted by molar-refractivity contribution is 7.09. The molecule has 2 heterocycles. The fraction of sp³-hybridized carbons (Fsp3) is 0.500. The van der Waals surface area contributed by atoms with Gasteiger partial charge in [0.15, 0.2) is 5.76 Å². The first kappa shape index (κ1) is 15.2. The van der Waals surface area contributed by atoms with Crippen LogP contribution in [0.1, 0.15) is 41.0 Å². The average molecular weight is 320 g/mol. The number of carbonyl (C=O) groups excluding carboxylic acids is 1. The van der Waals surface area contributed by atoms with Crippen LogP contribution in [0.4, 0.5) is 0 Å². The molecule has 1 aliphatic rings. The van der Waals surface area contributed by atoms with Gasteiger partial charge in [-0.2, -0.15) is 0 Å². The van der Waals surface area contributed by atoms with E-state index in [1.54, 1.807) is 29.4 Å². The third kappa shape index (κ3) is 3.08. The molecule has 0 aliphatic heterocycles. The second kappa shape index (κ2) is 5.85. The van der Waals surface area contributed by atoms with Gasteiger partial charge in [-0.3, -0.25) is 4.79 Å². The zero-order chi connectivity index (χ0) is 15.7. The zero-order valence-corrected chi connectivity index (χ0v) is 13.7. The molecule has 1 saturated carbocycles. The number of hydrogen-bond donors (Lipinski definition) is 1. The van der Waals surface area contributed by atoms with Crippen molar-refractivity contribution < 1.29 is 14.3 Å². The summed E-state index contributed by atoms with van der Waals surface area (Å²) in [5, 5.41) is 13.3. The largest absolute Gasteiger partial charge is 0.462 e. The van der Waals surface area contributed by atoms with Crippen LogP contribution in [-0.4, -0.2) is 40.1 Å². The van der Waals surface area contributed by atoms with Gasteiger partial charge in [0.25, 0.3) is 5.91 Å². The molecule has 2 aromatic heterocycles. The normalized spacial score (nSPS) is 16.9. The van der Waals surface area contributed by atoms with Crippen molar-refractivity contribution in [1.82, 2.24) is 9.88 Å². The molecule has 0 atom stereocenters. The van der Waals surface area contributed by atoms with Gasteiger partial charge in [-0.25, -0.2) is 4.98 Å². The molecule has 118 valence electrons. The summed E-state index contributed by atoms with van der Waals surface area (Å²) in [4.78, 5) is 18.4. The maximum atomic E-state index is 12.5. The average Bonchev–Trinajstić information content (AvgIpc) is 3.18. The summed E-state index contributed by atoms with van der Waals surface area (Å²) >= 11 is 1.54. The van der Waals surface area contributed by atoms with Crippen LogP contribution in [0.5, 0.6) is 0 Å². The Morgan fingerprint density at radius 1 is 1.50 bits per heavy atom. The maximum Gasteiger partial charge on any atom is 0.256 e. The summed E-state index contributed by atoms with van der Waals surface area (Å²) < 4.78 is 5.46. The van der Waals surface area contributed by atoms with Gasteiger partial charge in [0.2, 0.25) is 0 Å². The van der Waals surface area contributed by atoms with Crippen molar-refractivity contribution in [2.75, 3.05) is 13.6 Å². The van der Waals surface area contributed by atoms with Gasteiger partial charge in [0.1, 0.15) is 12.0 Å². The van der Waals surface area contributed by atoms with Gasteiger partial charge in [-0.05, 0) is 25.8 Å². The molecule has 0 radical (unpaired) electrons. The van der Waals surface area contributed by atoms with E-state index in [1.807, 2.05) is 12.3 Å². The van der Waals surface area contributed by atoms with Crippen LogP contribution in [0, 0.1) is 6.92 Å². The van der Waals surface area contributed by atoms with Crippen LogP contribution < -0.4 is 0 Å². The Hall–Kier alpha value is -1.66. The van der Waals surface area contributed by atoms with Gasteiger partial charge in [0.05, 0.1) is 16.2 Å². The number of furan rings is 1. The smallest absolute Gasteiger partial charge is 0.256 e. The maximum absolute atomic E-state index is 12.5. The number of amides is 1. The van der Waals surface area contributed by atoms with Crippen molar-refractivity contribution in [2.24, 2.45) is 0 Å². The summed E-state index contributed by atoms with van der Waals surface area (Å²) in [6.45, 7) is 2.29. The molecule has 1 N–H and O–H groups in total. The van der Waals surface area contributed by atoms with Crippen molar-refractivity contribution in [3.8, 4) is 11.5 Å². The molecule has 5 nitrogen and oxygen atoms in total. The number of hydrogen-bond acceptors (Lipinski definition) is 5. The summed E-state index contributed by atoms with van der Waals surface area (Å²) in [5.74, 6) is 0.461. The van der Waals surface area contributed by atoms with Gasteiger partial charge in [-0.1, -0.05) is 12.8 Å². The third-order valence-corrected chi connectivity index (χ3v) is 4.90. The molecule has 22 heavy (non-hydrogen) atoms. The van der Waals surface area contributed by atoms with E-state index in [4.69, 9.17) is 4.42 Å². The van der Waals surface area contributed by atoms with Crippen LogP contribution in [0.3, 0.4) is 0 Å². The van der Waals surface area contributed by atoms with Gasteiger partial charge in [0, 0.05) is 19.0 Å². The SMILES string of the molecule is Cc1nc(-c2cc(C(=O)N(C)CC3(O)CCCC3)co2)cs1. The third-order valence-electron chi connectivity index (χ3n) is 4.13. The Morgan fingerprint density at radius 3 is 2.86 bits per heavy atom. The minimum Gasteiger partial charge on any atom is -0.462 e. The number of nitrogens with zero attached hydrogens (tertiary/aromatic N) is 2. The van der Waals surface area contributed by atoms with Crippen LogP contribution in [0.2, 0.25) is 0 Å². The van der Waals surface area contributed by atoms with E-state index in [2.05, 4.69) is 4.98 Å². The van der Waals surface area contributed by atoms with E-state index >= 15 is 0 Å². The number of aromatic nitrogens is 1. The number of rotatable bonds is 4. The zero-order valence-electron chi connectivity index (χ0n) is 12.8. The van der Waals surface area contributed by atoms with Crippen LogP contribution in [0.15, 0.2) is 22.1 Å². The van der Waals surface area contributed by atoms with Crippen LogP contribution in [-0.2, 0) is 0 Å². The summed E-state index contributed by atoms with van der Waals surface area (Å²) in [5.41, 5.74) is 0.506. The highest BCUT2D eigenvalue weighted by Gasteiger charge is 2.33. The van der Waals surface area contributed by atoms with Gasteiger partial charge in [-0.15, -0.1) is 11.3 Å². The van der Waals surface area contributed by atoms with E-state index in [-0.39, 0.29) is 5.91 Å². The Labute approximate surface area is 133 Å². The minimum absolute atomic E-state index is 0.137. The molecule has 3 rings (SSSR count). The quantitative estimate of drug-likeness (QED) is 0.940. The molecule has 1 fully saturated rings. The molecule has 0 saturated heterocycles. The monoisotopic (exact) mass is 320 g/mol. The second-order valence-corrected chi connectivity index (χ2v) is 7.11. The number of thiazole rings is 1. The highest BCUT2D eigenvalue weighted by atomic mass is 32.1. The van der Waals surface area contributed by atoms with E-state index in [9.17, 15) is 9.90 Å². The van der Waals surface area contributed by atoms with Crippen molar-refractivity contribution in [1.29, 1.82) is 0 Å². The van der Waals surface area contributed by atoms with Gasteiger partial charge >= 0.3 is 0 Å². The van der Waals surface area contributed by atoms with Gasteiger partial charge < -0.3 is 14.4 Å². The Bertz CT molecular complexity index is 670. The van der Waals surface area contributed by atoms with Crippen LogP contribution >= 0.6 is 11.3 Å². The standard InChI is InChI=1S/C16H20N2O3S/c1-11-17-13(9-22-11)14-7-12(8-21-14)15(19)18(2)10-16(20)5-3-4-6-16/h7-9,20H,3-6,10H2,1-2H3. The molecule has 0 unspecified atom stereocenters. The number of carbonyl (C=O) groups is 1. The lowest BCUT2D eigenvalue weighted by Crippen LogP contribution is -2.41. The Kier molecular flexibility index (Phi) is 4.06. The fourth-order valence-corrected chi connectivity index (χ4v) is 3.59. The summed E-state index contributed by atoms with van der Waals surface area (Å²) in [6, 6.07) is 1.71. The Balaban J connectivity index is 1.71. The molecular weight excluding hydrogens is 300 g/mol. The molecule has 0 spiro atoms. The number of likely N-dealkylation sites (N-methyl/N-ethyl adjacent to an activating group) is 1. The first-order valence-corrected chi connectivity index (χ1v) is 8.34. The lowest BCUT2D eigenvalue weighted by atomic mass is 10.0. The van der Waals surface area contributed by atoms with Crippen molar-refractivity contribution in [3.05, 3.63) is 28.3 Å². The van der Waals surface area contributed by atoms with E-state index in [1.165, 1.54) is 6.26 Å². The highest BCUT2D eigenvalue weighted by Crippen LogP contribution is 2.30. The number of aryl methyl sites for hydroxylation is 1.